The van der Waals surface area contributed by atoms with E-state index in [-0.39, 0.29) is 11.3 Å². The van der Waals surface area contributed by atoms with E-state index in [0.29, 0.717) is 10.9 Å². The number of alkyl halides is 3. The van der Waals surface area contributed by atoms with Gasteiger partial charge >= 0.3 is 11.7 Å². The highest BCUT2D eigenvalue weighted by Crippen LogP contribution is 2.37. The Kier molecular flexibility index (Phi) is 5.38. The number of hydrogen-bond acceptors (Lipinski definition) is 4. The Labute approximate surface area is 194 Å². The molecule has 2 aromatic heterocycles. The van der Waals surface area contributed by atoms with Gasteiger partial charge < -0.3 is 0 Å². The van der Waals surface area contributed by atoms with Crippen molar-refractivity contribution in [1.82, 2.24) is 19.2 Å². The van der Waals surface area contributed by atoms with Crippen molar-refractivity contribution in [2.45, 2.75) is 17.1 Å². The number of halogens is 4. The largest absolute Gasteiger partial charge is 0.417 e. The molecule has 166 valence electrons. The third-order valence-electron chi connectivity index (χ3n) is 5.22. The zero-order valence-electron chi connectivity index (χ0n) is 16.8. The number of fused-ring (bicyclic) bond motifs is 2. The molecule has 10 heteroatoms. The number of nitrogens with zero attached hydrogens (tertiary/aromatic N) is 4. The maximum Gasteiger partial charge on any atom is 0.417 e. The van der Waals surface area contributed by atoms with Crippen LogP contribution in [0.1, 0.15) is 11.1 Å². The normalized spacial score (nSPS) is 12.0. The zero-order valence-corrected chi connectivity index (χ0v) is 18.3. The van der Waals surface area contributed by atoms with Crippen LogP contribution in [0.15, 0.2) is 83.0 Å². The number of thioether (sulfide) groups is 1. The number of benzene rings is 3. The summed E-state index contributed by atoms with van der Waals surface area (Å²) in [6, 6.07) is 17.5. The molecule has 0 aliphatic carbocycles. The minimum Gasteiger partial charge on any atom is -0.278 e. The van der Waals surface area contributed by atoms with E-state index >= 15 is 0 Å². The number of rotatable bonds is 4. The summed E-state index contributed by atoms with van der Waals surface area (Å²) in [5.74, 6) is 0.602. The summed E-state index contributed by atoms with van der Waals surface area (Å²) in [6.07, 6.45) is -1.73. The van der Waals surface area contributed by atoms with Gasteiger partial charge in [0.1, 0.15) is 0 Å². The van der Waals surface area contributed by atoms with Gasteiger partial charge in [-0.1, -0.05) is 71.9 Å². The van der Waals surface area contributed by atoms with Gasteiger partial charge in [0.05, 0.1) is 16.3 Å². The molecule has 0 amide bonds. The van der Waals surface area contributed by atoms with Gasteiger partial charge in [0.15, 0.2) is 5.16 Å². The molecule has 2 heterocycles. The summed E-state index contributed by atoms with van der Waals surface area (Å²) in [5.41, 5.74) is -0.609. The lowest BCUT2D eigenvalue weighted by molar-refractivity contribution is -0.137. The molecule has 0 spiro atoms. The fourth-order valence-electron chi connectivity index (χ4n) is 3.64. The molecule has 0 saturated carbocycles. The Morgan fingerprint density at radius 2 is 1.70 bits per heavy atom. The molecule has 0 N–H and O–H groups in total. The van der Waals surface area contributed by atoms with Crippen molar-refractivity contribution in [1.29, 1.82) is 0 Å². The lowest BCUT2D eigenvalue weighted by Gasteiger charge is -2.13. The Balaban J connectivity index is 1.50. The molecule has 0 unspecified atom stereocenters. The van der Waals surface area contributed by atoms with E-state index in [0.717, 1.165) is 27.0 Å². The molecule has 0 aliphatic heterocycles. The van der Waals surface area contributed by atoms with Crippen molar-refractivity contribution in [3.63, 3.8) is 0 Å². The molecule has 5 rings (SSSR count). The van der Waals surface area contributed by atoms with Crippen molar-refractivity contribution in [3.05, 3.63) is 99.6 Å². The lowest BCUT2D eigenvalue weighted by atomic mass is 10.1. The van der Waals surface area contributed by atoms with E-state index in [1.54, 1.807) is 6.20 Å². The smallest absolute Gasteiger partial charge is 0.278 e. The summed E-state index contributed by atoms with van der Waals surface area (Å²) in [6.45, 7) is 0. The van der Waals surface area contributed by atoms with Crippen molar-refractivity contribution in [3.8, 4) is 5.69 Å². The quantitative estimate of drug-likeness (QED) is 0.292. The van der Waals surface area contributed by atoms with Gasteiger partial charge in [-0.05, 0) is 28.5 Å². The molecule has 33 heavy (non-hydrogen) atoms. The first kappa shape index (κ1) is 21.5. The first-order chi connectivity index (χ1) is 15.8. The molecule has 0 fully saturated rings. The third-order valence-corrected chi connectivity index (χ3v) is 6.61. The highest BCUT2D eigenvalue weighted by Gasteiger charge is 2.34. The summed E-state index contributed by atoms with van der Waals surface area (Å²) in [5, 5.41) is 10.3. The van der Waals surface area contributed by atoms with Crippen LogP contribution in [0.3, 0.4) is 0 Å². The Hall–Kier alpha value is -3.30. The minimum atomic E-state index is -4.64. The summed E-state index contributed by atoms with van der Waals surface area (Å²) >= 11 is 7.41. The van der Waals surface area contributed by atoms with Crippen molar-refractivity contribution >= 4 is 39.8 Å². The second-order valence-electron chi connectivity index (χ2n) is 7.21. The van der Waals surface area contributed by atoms with Crippen LogP contribution in [0.5, 0.6) is 0 Å². The second-order valence-corrected chi connectivity index (χ2v) is 8.53. The van der Waals surface area contributed by atoms with Crippen LogP contribution in [-0.2, 0) is 11.9 Å². The zero-order chi connectivity index (χ0) is 23.2. The molecule has 3 aromatic carbocycles. The van der Waals surface area contributed by atoms with E-state index in [4.69, 9.17) is 11.6 Å². The molecular weight excluding hydrogens is 473 g/mol. The van der Waals surface area contributed by atoms with Gasteiger partial charge in [-0.2, -0.15) is 13.2 Å². The summed E-state index contributed by atoms with van der Waals surface area (Å²) in [7, 11) is 0. The van der Waals surface area contributed by atoms with Crippen LogP contribution in [-0.4, -0.2) is 19.2 Å². The molecule has 0 radical (unpaired) electrons. The Bertz CT molecular complexity index is 1560. The van der Waals surface area contributed by atoms with Crippen LogP contribution in [0, 0.1) is 0 Å². The minimum absolute atomic E-state index is 0.00796. The molecule has 0 saturated heterocycles. The van der Waals surface area contributed by atoms with Gasteiger partial charge in [0, 0.05) is 18.1 Å². The molecule has 0 atom stereocenters. The number of aromatic nitrogens is 4. The van der Waals surface area contributed by atoms with Gasteiger partial charge in [-0.25, -0.2) is 0 Å². The van der Waals surface area contributed by atoms with E-state index in [9.17, 15) is 18.0 Å². The molecular formula is C23H14ClF3N4OS. The van der Waals surface area contributed by atoms with Crippen LogP contribution in [0.25, 0.3) is 22.1 Å². The first-order valence-electron chi connectivity index (χ1n) is 9.76. The first-order valence-corrected chi connectivity index (χ1v) is 11.1. The van der Waals surface area contributed by atoms with Crippen molar-refractivity contribution in [2.24, 2.45) is 0 Å². The second kappa shape index (κ2) is 8.24. The van der Waals surface area contributed by atoms with E-state index < -0.39 is 22.3 Å². The molecule has 0 bridgehead atoms. The highest BCUT2D eigenvalue weighted by molar-refractivity contribution is 7.98. The van der Waals surface area contributed by atoms with Crippen molar-refractivity contribution < 1.29 is 13.2 Å². The molecule has 5 aromatic rings. The predicted octanol–water partition coefficient (Wildman–Crippen LogP) is 6.00. The fraction of sp³-hybridized carbons (Fsp3) is 0.0870. The third kappa shape index (κ3) is 3.87. The van der Waals surface area contributed by atoms with Gasteiger partial charge in [-0.15, -0.1) is 10.2 Å². The predicted molar refractivity (Wildman–Crippen MR) is 122 cm³/mol. The maximum atomic E-state index is 13.2. The Morgan fingerprint density at radius 3 is 2.52 bits per heavy atom. The van der Waals surface area contributed by atoms with Gasteiger partial charge in [-0.3, -0.25) is 13.8 Å². The van der Waals surface area contributed by atoms with E-state index in [2.05, 4.69) is 10.2 Å². The number of hydrogen-bond donors (Lipinski definition) is 0. The van der Waals surface area contributed by atoms with Crippen LogP contribution >= 0.6 is 23.4 Å². The van der Waals surface area contributed by atoms with Crippen molar-refractivity contribution in [2.75, 3.05) is 0 Å². The van der Waals surface area contributed by atoms with Gasteiger partial charge in [0.25, 0.3) is 0 Å². The summed E-state index contributed by atoms with van der Waals surface area (Å²) in [4.78, 5) is 13.0. The average Bonchev–Trinajstić information content (AvgIpc) is 3.21. The van der Waals surface area contributed by atoms with Crippen LogP contribution in [0.2, 0.25) is 5.02 Å². The molecule has 5 nitrogen and oxygen atoms in total. The van der Waals surface area contributed by atoms with Crippen LogP contribution in [0.4, 0.5) is 13.2 Å². The fourth-order valence-corrected chi connectivity index (χ4v) is 4.89. The average molecular weight is 487 g/mol. The van der Waals surface area contributed by atoms with E-state index in [1.165, 1.54) is 34.5 Å². The molecule has 0 aliphatic rings. The summed E-state index contributed by atoms with van der Waals surface area (Å²) < 4.78 is 42.2. The SMILES string of the molecule is O=c1c2nnc(SCc3cccc4ccccc34)n2ccn1-c1cccc(C(F)(F)F)c1Cl. The highest BCUT2D eigenvalue weighted by atomic mass is 35.5. The monoisotopic (exact) mass is 486 g/mol. The lowest BCUT2D eigenvalue weighted by Crippen LogP contribution is -2.21. The maximum absolute atomic E-state index is 13.2. The van der Waals surface area contributed by atoms with Crippen LogP contribution < -0.4 is 5.56 Å². The Morgan fingerprint density at radius 1 is 0.939 bits per heavy atom. The van der Waals surface area contributed by atoms with Gasteiger partial charge in [0.2, 0.25) is 5.65 Å². The standard InChI is InChI=1S/C23H14ClF3N4OS/c24-19-17(23(25,26)27)9-4-10-18(19)30-11-12-31-20(21(30)32)28-29-22(31)33-13-15-7-3-6-14-5-1-2-8-16(14)15/h1-12H,13H2. The topological polar surface area (TPSA) is 52.2 Å². The van der Waals surface area contributed by atoms with E-state index in [1.807, 2.05) is 42.5 Å².